The fraction of sp³-hybridized carbons (Fsp3) is 0.250. The average molecular weight is 376 g/mol. The maximum Gasteiger partial charge on any atom is 0.435 e. The van der Waals surface area contributed by atoms with Gasteiger partial charge < -0.3 is 0 Å². The van der Waals surface area contributed by atoms with Crippen LogP contribution in [0.1, 0.15) is 16.8 Å². The highest BCUT2D eigenvalue weighted by Gasteiger charge is 2.35. The van der Waals surface area contributed by atoms with Crippen molar-refractivity contribution in [2.24, 2.45) is 0 Å². The quantitative estimate of drug-likeness (QED) is 0.562. The molecule has 0 N–H and O–H groups in total. The van der Waals surface area contributed by atoms with E-state index >= 15 is 0 Å². The van der Waals surface area contributed by atoms with Crippen molar-refractivity contribution >= 4 is 11.8 Å². The lowest BCUT2D eigenvalue weighted by Gasteiger charge is -2.09. The van der Waals surface area contributed by atoms with Gasteiger partial charge in [-0.3, -0.25) is 0 Å². The minimum atomic E-state index is -4.48. The lowest BCUT2D eigenvalue weighted by molar-refractivity contribution is -0.141. The zero-order chi connectivity index (χ0) is 18.7. The molecule has 0 spiro atoms. The summed E-state index contributed by atoms with van der Waals surface area (Å²) >= 11 is 1.76. The Morgan fingerprint density at radius 3 is 2.23 bits per heavy atom. The molecule has 3 rings (SSSR count). The molecule has 26 heavy (non-hydrogen) atoms. The van der Waals surface area contributed by atoms with Crippen LogP contribution in [0.2, 0.25) is 0 Å². The van der Waals surface area contributed by atoms with Crippen LogP contribution in [0.15, 0.2) is 54.6 Å². The fourth-order valence-corrected chi connectivity index (χ4v) is 3.11. The van der Waals surface area contributed by atoms with Gasteiger partial charge in [-0.1, -0.05) is 42.0 Å². The molecular weight excluding hydrogens is 357 g/mol. The number of halogens is 3. The highest BCUT2D eigenvalue weighted by molar-refractivity contribution is 7.98. The first-order valence-corrected chi connectivity index (χ1v) is 9.60. The summed E-state index contributed by atoms with van der Waals surface area (Å²) in [5.74, 6) is 1.01. The van der Waals surface area contributed by atoms with E-state index in [1.807, 2.05) is 49.6 Å². The zero-order valence-electron chi connectivity index (χ0n) is 14.5. The van der Waals surface area contributed by atoms with Crippen molar-refractivity contribution in [3.05, 3.63) is 71.4 Å². The maximum absolute atomic E-state index is 13.2. The molecule has 0 radical (unpaired) electrons. The summed E-state index contributed by atoms with van der Waals surface area (Å²) in [6.45, 7) is 1.93. The Hall–Kier alpha value is -2.21. The first-order valence-electron chi connectivity index (χ1n) is 8.21. The predicted octanol–water partition coefficient (Wildman–Crippen LogP) is 5.77. The van der Waals surface area contributed by atoms with E-state index in [0.29, 0.717) is 16.9 Å². The molecule has 6 heteroatoms. The molecule has 0 bridgehead atoms. The Balaban J connectivity index is 2.04. The van der Waals surface area contributed by atoms with Crippen molar-refractivity contribution in [2.75, 3.05) is 12.0 Å². The van der Waals surface area contributed by atoms with Crippen LogP contribution in [0, 0.1) is 6.92 Å². The van der Waals surface area contributed by atoms with E-state index in [4.69, 9.17) is 0 Å². The van der Waals surface area contributed by atoms with E-state index in [1.165, 1.54) is 10.2 Å². The molecule has 0 atom stereocenters. The lowest BCUT2D eigenvalue weighted by Crippen LogP contribution is -2.07. The number of nitrogens with zero attached hydrogens (tertiary/aromatic N) is 2. The van der Waals surface area contributed by atoms with Crippen LogP contribution >= 0.6 is 11.8 Å². The first-order chi connectivity index (χ1) is 12.4. The largest absolute Gasteiger partial charge is 0.435 e. The number of alkyl halides is 3. The number of thioether (sulfide) groups is 1. The van der Waals surface area contributed by atoms with Crippen LogP contribution in [-0.2, 0) is 12.6 Å². The standard InChI is InChI=1S/C20H19F3N2S/c1-14-3-9-17(10-4-14)25-18(13-19(24-25)20(21,22)23)16-7-5-15(6-8-16)11-12-26-2/h3-10,13H,11-12H2,1-2H3. The molecule has 0 aliphatic heterocycles. The van der Waals surface area contributed by atoms with Crippen LogP contribution in [0.4, 0.5) is 13.2 Å². The molecule has 1 heterocycles. The number of rotatable bonds is 5. The summed E-state index contributed by atoms with van der Waals surface area (Å²) in [5.41, 5.74) is 3.06. The van der Waals surface area contributed by atoms with Crippen molar-refractivity contribution in [1.82, 2.24) is 9.78 Å². The van der Waals surface area contributed by atoms with Gasteiger partial charge in [0.05, 0.1) is 11.4 Å². The van der Waals surface area contributed by atoms with E-state index in [9.17, 15) is 13.2 Å². The minimum Gasteiger partial charge on any atom is -0.233 e. The SMILES string of the molecule is CSCCc1ccc(-c2cc(C(F)(F)F)nn2-c2ccc(C)cc2)cc1. The summed E-state index contributed by atoms with van der Waals surface area (Å²) in [6.07, 6.45) is -1.50. The highest BCUT2D eigenvalue weighted by atomic mass is 32.2. The Labute approximate surface area is 155 Å². The zero-order valence-corrected chi connectivity index (χ0v) is 15.4. The first kappa shape index (κ1) is 18.6. The number of hydrogen-bond acceptors (Lipinski definition) is 2. The molecule has 0 saturated carbocycles. The van der Waals surface area contributed by atoms with Crippen LogP contribution in [0.5, 0.6) is 0 Å². The third kappa shape index (κ3) is 4.12. The monoisotopic (exact) mass is 376 g/mol. The molecule has 3 aromatic rings. The molecule has 0 unspecified atom stereocenters. The lowest BCUT2D eigenvalue weighted by atomic mass is 10.1. The Morgan fingerprint density at radius 2 is 1.65 bits per heavy atom. The molecular formula is C20H19F3N2S. The maximum atomic E-state index is 13.2. The van der Waals surface area contributed by atoms with E-state index < -0.39 is 11.9 Å². The highest BCUT2D eigenvalue weighted by Crippen LogP contribution is 2.33. The summed E-state index contributed by atoms with van der Waals surface area (Å²) in [7, 11) is 0. The molecule has 0 saturated heterocycles. The second-order valence-corrected chi connectivity index (χ2v) is 7.09. The van der Waals surface area contributed by atoms with Crippen molar-refractivity contribution in [3.8, 4) is 16.9 Å². The van der Waals surface area contributed by atoms with Gasteiger partial charge in [0.1, 0.15) is 0 Å². The van der Waals surface area contributed by atoms with Crippen LogP contribution in [-0.4, -0.2) is 21.8 Å². The van der Waals surface area contributed by atoms with Gasteiger partial charge in [0, 0.05) is 5.56 Å². The van der Waals surface area contributed by atoms with Gasteiger partial charge in [-0.15, -0.1) is 0 Å². The van der Waals surface area contributed by atoms with Gasteiger partial charge in [-0.2, -0.15) is 30.0 Å². The van der Waals surface area contributed by atoms with Crippen molar-refractivity contribution in [3.63, 3.8) is 0 Å². The molecule has 2 nitrogen and oxygen atoms in total. The van der Waals surface area contributed by atoms with Crippen molar-refractivity contribution in [2.45, 2.75) is 19.5 Å². The summed E-state index contributed by atoms with van der Waals surface area (Å²) in [5, 5.41) is 3.82. The smallest absolute Gasteiger partial charge is 0.233 e. The van der Waals surface area contributed by atoms with Gasteiger partial charge in [0.2, 0.25) is 0 Å². The van der Waals surface area contributed by atoms with Crippen molar-refractivity contribution in [1.29, 1.82) is 0 Å². The summed E-state index contributed by atoms with van der Waals surface area (Å²) in [4.78, 5) is 0. The van der Waals surface area contributed by atoms with Gasteiger partial charge in [0.25, 0.3) is 0 Å². The minimum absolute atomic E-state index is 0.428. The second-order valence-electron chi connectivity index (χ2n) is 6.10. The molecule has 0 fully saturated rings. The number of hydrogen-bond donors (Lipinski definition) is 0. The van der Waals surface area contributed by atoms with Crippen LogP contribution in [0.25, 0.3) is 16.9 Å². The molecule has 136 valence electrons. The van der Waals surface area contributed by atoms with E-state index in [2.05, 4.69) is 5.10 Å². The molecule has 0 aliphatic carbocycles. The summed E-state index contributed by atoms with van der Waals surface area (Å²) < 4.78 is 41.0. The Bertz CT molecular complexity index is 866. The van der Waals surface area contributed by atoms with Gasteiger partial charge in [-0.25, -0.2) is 4.68 Å². The van der Waals surface area contributed by atoms with E-state index in [1.54, 1.807) is 23.9 Å². The topological polar surface area (TPSA) is 17.8 Å². The molecule has 0 aliphatic rings. The molecule has 1 aromatic heterocycles. The second kappa shape index (κ2) is 7.58. The fourth-order valence-electron chi connectivity index (χ4n) is 2.67. The van der Waals surface area contributed by atoms with Crippen LogP contribution < -0.4 is 0 Å². The van der Waals surface area contributed by atoms with Gasteiger partial charge in [0.15, 0.2) is 5.69 Å². The summed E-state index contributed by atoms with van der Waals surface area (Å²) in [6, 6.07) is 16.0. The van der Waals surface area contributed by atoms with E-state index in [-0.39, 0.29) is 0 Å². The third-order valence-corrected chi connectivity index (χ3v) is 4.74. The Morgan fingerprint density at radius 1 is 1.00 bits per heavy atom. The normalized spacial score (nSPS) is 11.7. The van der Waals surface area contributed by atoms with Gasteiger partial charge >= 0.3 is 6.18 Å². The predicted molar refractivity (Wildman–Crippen MR) is 101 cm³/mol. The molecule has 0 amide bonds. The number of aryl methyl sites for hydroxylation is 2. The van der Waals surface area contributed by atoms with E-state index in [0.717, 1.165) is 23.8 Å². The average Bonchev–Trinajstić information content (AvgIpc) is 3.07. The van der Waals surface area contributed by atoms with Crippen LogP contribution in [0.3, 0.4) is 0 Å². The number of aromatic nitrogens is 2. The van der Waals surface area contributed by atoms with Gasteiger partial charge in [-0.05, 0) is 49.1 Å². The number of benzene rings is 2. The van der Waals surface area contributed by atoms with Crippen molar-refractivity contribution < 1.29 is 13.2 Å². The molecule has 2 aromatic carbocycles. The third-order valence-electron chi connectivity index (χ3n) is 4.12. The Kier molecular flexibility index (Phi) is 5.41.